The number of β-amino-alcohol motifs (C(OH)–C–C–N with tert-alkyl or cyclic N) is 1. The van der Waals surface area contributed by atoms with Gasteiger partial charge < -0.3 is 150 Å². The van der Waals surface area contributed by atoms with Crippen molar-refractivity contribution in [3.8, 4) is 0 Å². The minimum Gasteiger partial charge on any atom is -0.394 e. The molecule has 714 valence electrons. The first-order valence-electron chi connectivity index (χ1n) is 41.7. The highest BCUT2D eigenvalue weighted by atomic mass is 31.2. The second-order valence-corrected chi connectivity index (χ2v) is 35.7. The molecule has 2 aromatic heterocycles. The maximum absolute atomic E-state index is 14.5. The minimum absolute atomic E-state index is 0.0352. The van der Waals surface area contributed by atoms with Crippen LogP contribution in [0.1, 0.15) is 156 Å². The molecule has 0 radical (unpaired) electrons. The number of ether oxygens (including phenoxy) is 9. The van der Waals surface area contributed by atoms with E-state index in [4.69, 9.17) is 61.9 Å². The number of hydrogen-bond acceptors (Lipinski definition) is 39. The summed E-state index contributed by atoms with van der Waals surface area (Å²) in [6.45, 7) is -0.481. The summed E-state index contributed by atoms with van der Waals surface area (Å²) >= 11 is 0. The zero-order valence-electron chi connectivity index (χ0n) is 70.9. The van der Waals surface area contributed by atoms with Gasteiger partial charge in [-0.1, -0.05) is 13.8 Å². The van der Waals surface area contributed by atoms with Crippen LogP contribution in [0.4, 0.5) is 5.82 Å². The molecule has 5 aliphatic rings. The number of hydrogen-bond donors (Lipinski definition) is 18. The SMILES string of the molecule is CC(=O)NC1[C@H](OCCC(=O)CCCC(=O)CCOCC(COCCC(=O)CCCC(=O)CCO[C@@H]2OC(CO)[C@H](O)[C@H](O)C2NC(C)=O)(COCCC(=O)NCCC(=O)CCO[C@@H]2OC(CO)[C@H](O)[C@H](O)C2NC(C)=O)NC(=O)CCC(=O)N2C[C@H](O)C[C@H]2COP(=O)(O)O[C@H]2C[C@H](n3cnc4c(N)ncnc43)C[C@@H]2OP(=O)(O)C(C)C)OC(CO)[C@H](O)[C@@H]1O. The second kappa shape index (κ2) is 51.6. The summed E-state index contributed by atoms with van der Waals surface area (Å²) in [5.41, 5.74) is 3.85. The van der Waals surface area contributed by atoms with Crippen molar-refractivity contribution in [1.82, 2.24) is 51.0 Å². The molecular weight excluding hydrogens is 1720 g/mol. The Kier molecular flexibility index (Phi) is 43.4. The molecule has 2 aromatic rings. The average Bonchev–Trinajstić information content (AvgIpc) is 1.84. The van der Waals surface area contributed by atoms with Crippen LogP contribution in [0.25, 0.3) is 11.2 Å². The molecular formula is C76H123N11O37P2. The second-order valence-electron chi connectivity index (χ2n) is 31.9. The van der Waals surface area contributed by atoms with Crippen LogP contribution < -0.4 is 32.3 Å². The van der Waals surface area contributed by atoms with Gasteiger partial charge in [0, 0.05) is 123 Å². The number of imidazole rings is 1. The van der Waals surface area contributed by atoms with Gasteiger partial charge >= 0.3 is 15.4 Å². The van der Waals surface area contributed by atoms with Crippen molar-refractivity contribution in [2.45, 2.75) is 284 Å². The van der Waals surface area contributed by atoms with Gasteiger partial charge in [0.25, 0.3) is 0 Å². The largest absolute Gasteiger partial charge is 0.472 e. The Hall–Kier alpha value is -6.98. The molecule has 0 spiro atoms. The lowest BCUT2D eigenvalue weighted by atomic mass is 9.97. The van der Waals surface area contributed by atoms with Crippen LogP contribution in [0.2, 0.25) is 0 Å². The van der Waals surface area contributed by atoms with Crippen LogP contribution in [0, 0.1) is 0 Å². The molecule has 6 heterocycles. The summed E-state index contributed by atoms with van der Waals surface area (Å²) in [7, 11) is -9.52. The average molecular weight is 1840 g/mol. The molecule has 1 aliphatic carbocycles. The van der Waals surface area contributed by atoms with Gasteiger partial charge in [0.2, 0.25) is 35.4 Å². The molecule has 48 nitrogen and oxygen atoms in total. The fourth-order valence-corrected chi connectivity index (χ4v) is 16.4. The summed E-state index contributed by atoms with van der Waals surface area (Å²) in [4.78, 5) is 179. The first-order chi connectivity index (χ1) is 59.7. The monoisotopic (exact) mass is 1840 g/mol. The normalized spacial score (nSPS) is 28.3. The molecule has 7 rings (SSSR count). The molecule has 5 fully saturated rings. The molecule has 50 heteroatoms. The molecule has 6 amide bonds. The number of anilines is 1. The lowest BCUT2D eigenvalue weighted by Crippen LogP contribution is -2.64. The number of Topliss-reactive ketones (excluding diaryl/α,β-unsaturated/α-hetero) is 5. The maximum atomic E-state index is 14.5. The number of nitrogens with two attached hydrogens (primary N) is 1. The van der Waals surface area contributed by atoms with E-state index in [0.717, 1.165) is 25.7 Å². The number of rotatable bonds is 57. The summed E-state index contributed by atoms with van der Waals surface area (Å²) in [5.74, 6) is -5.81. The number of aromatic nitrogens is 4. The van der Waals surface area contributed by atoms with Crippen molar-refractivity contribution in [2.75, 3.05) is 105 Å². The summed E-state index contributed by atoms with van der Waals surface area (Å²) < 4.78 is 97.3. The Bertz CT molecular complexity index is 3780. The van der Waals surface area contributed by atoms with E-state index in [2.05, 4.69) is 41.5 Å². The fraction of sp³-hybridized carbons (Fsp3) is 0.789. The standard InChI is InChI=1S/C76H123N11O37P2/c1-41(2)125(109,110)123-53-29-45(87-40-81-64-71(77)79-39-80-72(64)87)30-54(53)124-126(111,112)119-35-46-28-52(99)31-86(46)60(102)13-12-59(101)85-76(36-113-22-15-47(94)8-6-10-49(96)17-25-116-73-61(82-42(3)91)68(106)65(103)55(32-88)120-73,37-114-23-16-48(95)9-7-11-50(97)18-26-117-74-62(83-43(4)92)69(107)66(104)56(33-89)121-74)38-115-24-20-58(100)78-21-14-51(98)19-27-118-75-63(84-44(5)93)70(108)67(105)57(34-90)122-75/h39-41,45-46,52-57,61-63,65-70,73-75,88-90,99,103-108H,6-38H2,1-5H3,(H,78,100)(H,82,91)(H,83,92)(H,84,93)(H,85,101)(H,109,110)(H,111,112)(H2,77,79,80)/t45-,46+,52-,53+,54+,55?,56?,57?,61?,62?,63?,65+,66+,67+,68-,69-,70-,73-,74-,75-,76?/m1/s1. The third-order valence-electron chi connectivity index (χ3n) is 21.5. The number of phosphoric acid groups is 1. The van der Waals surface area contributed by atoms with Crippen molar-refractivity contribution >= 4 is 96.8 Å². The number of phosphoric ester groups is 1. The van der Waals surface area contributed by atoms with Gasteiger partial charge in [-0.05, 0) is 32.1 Å². The van der Waals surface area contributed by atoms with E-state index in [9.17, 15) is 123 Å². The highest BCUT2D eigenvalue weighted by molar-refractivity contribution is 7.53. The van der Waals surface area contributed by atoms with Gasteiger partial charge in [0.1, 0.15) is 119 Å². The number of carbonyl (C=O) groups excluding carboxylic acids is 11. The molecule has 19 N–H and O–H groups in total. The van der Waals surface area contributed by atoms with Gasteiger partial charge in [0.15, 0.2) is 30.3 Å². The first kappa shape index (κ1) is 106. The highest BCUT2D eigenvalue weighted by Gasteiger charge is 2.51. The molecule has 8 unspecified atom stereocenters. The minimum atomic E-state index is -5.17. The number of likely N-dealkylation sites (tertiary alicyclic amines) is 1. The number of fused-ring (bicyclic) bond motifs is 1. The van der Waals surface area contributed by atoms with Crippen LogP contribution in [-0.2, 0) is 118 Å². The molecule has 126 heavy (non-hydrogen) atoms. The summed E-state index contributed by atoms with van der Waals surface area (Å²) in [6.07, 6.45) is -22.2. The number of carbonyl (C=O) groups is 11. The summed E-state index contributed by atoms with van der Waals surface area (Å²) in [5, 5.41) is 115. The zero-order valence-corrected chi connectivity index (χ0v) is 72.7. The lowest BCUT2D eigenvalue weighted by molar-refractivity contribution is -0.269. The van der Waals surface area contributed by atoms with E-state index < -0.39 is 249 Å². The smallest absolute Gasteiger partial charge is 0.394 e. The molecule has 1 saturated carbocycles. The van der Waals surface area contributed by atoms with E-state index in [1.54, 1.807) is 4.57 Å². The van der Waals surface area contributed by atoms with Gasteiger partial charge in [0.05, 0.1) is 122 Å². The molecule has 0 bridgehead atoms. The summed E-state index contributed by atoms with van der Waals surface area (Å²) in [6, 6.07) is -5.51. The van der Waals surface area contributed by atoms with Gasteiger partial charge in [-0.3, -0.25) is 66.4 Å². The highest BCUT2D eigenvalue weighted by Crippen LogP contribution is 2.55. The predicted octanol–water partition coefficient (Wildman–Crippen LogP) is -5.21. The Morgan fingerprint density at radius 3 is 1.38 bits per heavy atom. The van der Waals surface area contributed by atoms with Crippen molar-refractivity contribution in [3.05, 3.63) is 12.7 Å². The van der Waals surface area contributed by atoms with Crippen molar-refractivity contribution in [2.24, 2.45) is 0 Å². The number of aliphatic hydroxyl groups excluding tert-OH is 10. The Morgan fingerprint density at radius 2 is 0.952 bits per heavy atom. The van der Waals surface area contributed by atoms with Crippen molar-refractivity contribution < 1.29 is 179 Å². The third kappa shape index (κ3) is 33.1. The molecule has 0 aromatic carbocycles. The van der Waals surface area contributed by atoms with Gasteiger partial charge in [-0.25, -0.2) is 19.5 Å². The van der Waals surface area contributed by atoms with E-state index in [1.807, 2.05) is 0 Å². The van der Waals surface area contributed by atoms with Crippen LogP contribution >= 0.6 is 15.4 Å². The fourth-order valence-electron chi connectivity index (χ4n) is 14.6. The van der Waals surface area contributed by atoms with Crippen LogP contribution in [-0.4, -0.2) is 376 Å². The number of nitrogens with one attached hydrogen (secondary N) is 5. The Morgan fingerprint density at radius 1 is 0.532 bits per heavy atom. The molecule has 4 saturated heterocycles. The number of aliphatic hydroxyl groups is 10. The van der Waals surface area contributed by atoms with Crippen molar-refractivity contribution in [1.29, 1.82) is 0 Å². The number of ketones is 5. The third-order valence-corrected chi connectivity index (χ3v) is 24.4. The van der Waals surface area contributed by atoms with E-state index in [0.29, 0.717) is 5.65 Å². The van der Waals surface area contributed by atoms with Gasteiger partial charge in [-0.2, -0.15) is 0 Å². The predicted molar refractivity (Wildman–Crippen MR) is 429 cm³/mol. The topological polar surface area (TPSA) is 708 Å². The number of nitrogens with zero attached hydrogens (tertiary/aromatic N) is 5. The maximum Gasteiger partial charge on any atom is 0.472 e. The quantitative estimate of drug-likeness (QED) is 0.0217. The van der Waals surface area contributed by atoms with E-state index in [-0.39, 0.29) is 190 Å². The van der Waals surface area contributed by atoms with Crippen LogP contribution in [0.3, 0.4) is 0 Å². The van der Waals surface area contributed by atoms with Crippen molar-refractivity contribution in [3.63, 3.8) is 0 Å². The van der Waals surface area contributed by atoms with Crippen LogP contribution in [0.5, 0.6) is 0 Å². The van der Waals surface area contributed by atoms with Gasteiger partial charge in [-0.15, -0.1) is 0 Å². The van der Waals surface area contributed by atoms with E-state index >= 15 is 0 Å². The first-order valence-corrected chi connectivity index (χ1v) is 44.8. The molecule has 22 atom stereocenters. The lowest BCUT2D eigenvalue weighted by Gasteiger charge is -2.42. The molecule has 4 aliphatic heterocycles. The number of amides is 6. The van der Waals surface area contributed by atoms with Crippen LogP contribution in [0.15, 0.2) is 12.7 Å². The Balaban J connectivity index is 1.01. The number of nitrogen functional groups attached to an aromatic ring is 1. The van der Waals surface area contributed by atoms with E-state index in [1.165, 1.54) is 26.5 Å². The Labute approximate surface area is 725 Å². The zero-order chi connectivity index (χ0) is 92.8.